The van der Waals surface area contributed by atoms with E-state index in [0.29, 0.717) is 17.6 Å². The van der Waals surface area contributed by atoms with E-state index >= 15 is 0 Å². The van der Waals surface area contributed by atoms with Gasteiger partial charge >= 0.3 is 0 Å². The molecule has 0 atom stereocenters. The third-order valence-electron chi connectivity index (χ3n) is 4.34. The number of nitrogens with one attached hydrogen (secondary N) is 1. The first-order valence-corrected chi connectivity index (χ1v) is 10.6. The Hall–Kier alpha value is -3.12. The van der Waals surface area contributed by atoms with E-state index < -0.39 is 10.0 Å². The van der Waals surface area contributed by atoms with Crippen LogP contribution >= 0.6 is 0 Å². The number of aromatic nitrogens is 3. The van der Waals surface area contributed by atoms with Gasteiger partial charge in [0.1, 0.15) is 0 Å². The fourth-order valence-electron chi connectivity index (χ4n) is 2.76. The number of nitrogens with zero attached hydrogens (tertiary/aromatic N) is 6. The Bertz CT molecular complexity index is 1030. The minimum atomic E-state index is -3.86. The molecule has 1 N–H and O–H groups in total. The van der Waals surface area contributed by atoms with Crippen LogP contribution in [0.5, 0.6) is 0 Å². The topological polar surface area (TPSA) is 129 Å². The normalized spacial score (nSPS) is 14.3. The smallest absolute Gasteiger partial charge is 0.240 e. The summed E-state index contributed by atoms with van der Waals surface area (Å²) in [7, 11) is 3.25. The van der Waals surface area contributed by atoms with Crippen molar-refractivity contribution in [3.05, 3.63) is 30.1 Å². The van der Waals surface area contributed by atoms with Crippen LogP contribution < -0.4 is 19.4 Å². The van der Waals surface area contributed by atoms with Crippen molar-refractivity contribution in [3.63, 3.8) is 0 Å². The highest BCUT2D eigenvalue weighted by atomic mass is 32.2. The molecule has 2 aromatic rings. The molecule has 160 valence electrons. The van der Waals surface area contributed by atoms with Crippen LogP contribution in [-0.4, -0.2) is 63.4 Å². The Balaban J connectivity index is 1.77. The monoisotopic (exact) mass is 433 g/mol. The average molecular weight is 433 g/mol. The predicted molar refractivity (Wildman–Crippen MR) is 111 cm³/mol. The molecule has 11 nitrogen and oxygen atoms in total. The van der Waals surface area contributed by atoms with Gasteiger partial charge in [-0.15, -0.1) is 0 Å². The van der Waals surface area contributed by atoms with Gasteiger partial charge in [-0.1, -0.05) is 0 Å². The van der Waals surface area contributed by atoms with Crippen molar-refractivity contribution in [1.29, 1.82) is 0 Å². The van der Waals surface area contributed by atoms with Gasteiger partial charge in [-0.2, -0.15) is 15.0 Å². The van der Waals surface area contributed by atoms with Gasteiger partial charge in [-0.05, 0) is 24.3 Å². The molecule has 0 radical (unpaired) electrons. The summed E-state index contributed by atoms with van der Waals surface area (Å²) in [5.41, 5.74) is 0.352. The predicted octanol–water partition coefficient (Wildman–Crippen LogP) is 0.136. The number of benzene rings is 1. The standard InChI is InChI=1S/C18H23N7O4S/c1-23(2)17-20-14(21-18(22-17)24(3)4)11-19-30(28,29)13-7-5-12(6-8-13)25-15(26)9-10-16(25)27/h5-8,19H,9-11H2,1-4H3. The molecule has 0 bridgehead atoms. The zero-order chi connectivity index (χ0) is 22.1. The Morgan fingerprint density at radius 1 is 0.900 bits per heavy atom. The van der Waals surface area contributed by atoms with Gasteiger partial charge in [0.2, 0.25) is 33.7 Å². The second kappa shape index (κ2) is 8.32. The summed E-state index contributed by atoms with van der Waals surface area (Å²) >= 11 is 0. The Kier molecular flexibility index (Phi) is 5.99. The van der Waals surface area contributed by atoms with E-state index in [-0.39, 0.29) is 41.9 Å². The van der Waals surface area contributed by atoms with E-state index in [2.05, 4.69) is 19.7 Å². The van der Waals surface area contributed by atoms with Crippen LogP contribution in [0.3, 0.4) is 0 Å². The van der Waals surface area contributed by atoms with Gasteiger partial charge < -0.3 is 9.80 Å². The molecule has 1 aliphatic heterocycles. The molecule has 0 saturated carbocycles. The lowest BCUT2D eigenvalue weighted by atomic mass is 10.3. The number of carbonyl (C=O) groups excluding carboxylic acids is 2. The van der Waals surface area contributed by atoms with Gasteiger partial charge in [0, 0.05) is 41.0 Å². The van der Waals surface area contributed by atoms with E-state index in [4.69, 9.17) is 0 Å². The maximum atomic E-state index is 12.7. The molecular weight excluding hydrogens is 410 g/mol. The van der Waals surface area contributed by atoms with E-state index in [1.165, 1.54) is 24.3 Å². The summed E-state index contributed by atoms with van der Waals surface area (Å²) in [6.07, 6.45) is 0.326. The van der Waals surface area contributed by atoms with Gasteiger partial charge in [-0.25, -0.2) is 13.1 Å². The highest BCUT2D eigenvalue weighted by molar-refractivity contribution is 7.89. The number of amides is 2. The summed E-state index contributed by atoms with van der Waals surface area (Å²) < 4.78 is 27.8. The van der Waals surface area contributed by atoms with Gasteiger partial charge in [0.25, 0.3) is 0 Å². The number of imide groups is 1. The van der Waals surface area contributed by atoms with Crippen molar-refractivity contribution in [2.75, 3.05) is 42.9 Å². The molecule has 2 amide bonds. The second-order valence-corrected chi connectivity index (χ2v) is 8.85. The van der Waals surface area contributed by atoms with Crippen LogP contribution in [0.2, 0.25) is 0 Å². The first-order valence-electron chi connectivity index (χ1n) is 9.13. The van der Waals surface area contributed by atoms with Crippen molar-refractivity contribution in [2.45, 2.75) is 24.3 Å². The number of carbonyl (C=O) groups is 2. The molecule has 1 fully saturated rings. The first-order chi connectivity index (χ1) is 14.1. The molecule has 0 spiro atoms. The quantitative estimate of drug-likeness (QED) is 0.606. The van der Waals surface area contributed by atoms with Crippen LogP contribution in [0.25, 0.3) is 0 Å². The van der Waals surface area contributed by atoms with E-state index in [1.54, 1.807) is 38.0 Å². The minimum absolute atomic E-state index is 0.0000621. The van der Waals surface area contributed by atoms with Crippen molar-refractivity contribution < 1.29 is 18.0 Å². The summed E-state index contributed by atoms with van der Waals surface area (Å²) in [4.78, 5) is 40.9. The highest BCUT2D eigenvalue weighted by Crippen LogP contribution is 2.24. The molecule has 1 saturated heterocycles. The Morgan fingerprint density at radius 2 is 1.40 bits per heavy atom. The maximum Gasteiger partial charge on any atom is 0.240 e. The third-order valence-corrected chi connectivity index (χ3v) is 5.75. The lowest BCUT2D eigenvalue weighted by Crippen LogP contribution is -2.29. The minimum Gasteiger partial charge on any atom is -0.347 e. The van der Waals surface area contributed by atoms with Crippen LogP contribution in [0, 0.1) is 0 Å². The van der Waals surface area contributed by atoms with E-state index in [1.807, 2.05) is 0 Å². The molecule has 1 aromatic heterocycles. The number of hydrogen-bond donors (Lipinski definition) is 1. The largest absolute Gasteiger partial charge is 0.347 e. The van der Waals surface area contributed by atoms with Crippen molar-refractivity contribution in [2.24, 2.45) is 0 Å². The molecule has 2 heterocycles. The molecule has 0 aliphatic carbocycles. The molecular formula is C18H23N7O4S. The van der Waals surface area contributed by atoms with E-state index in [0.717, 1.165) is 4.90 Å². The number of hydrogen-bond acceptors (Lipinski definition) is 9. The van der Waals surface area contributed by atoms with Crippen molar-refractivity contribution >= 4 is 39.4 Å². The van der Waals surface area contributed by atoms with Gasteiger partial charge in [0.05, 0.1) is 17.1 Å². The first kappa shape index (κ1) is 21.6. The summed E-state index contributed by atoms with van der Waals surface area (Å²) in [6.45, 7) is -0.128. The molecule has 12 heteroatoms. The lowest BCUT2D eigenvalue weighted by molar-refractivity contribution is -0.121. The van der Waals surface area contributed by atoms with Crippen LogP contribution in [-0.2, 0) is 26.2 Å². The number of sulfonamides is 1. The Morgan fingerprint density at radius 3 is 1.87 bits per heavy atom. The van der Waals surface area contributed by atoms with Crippen molar-refractivity contribution in [1.82, 2.24) is 19.7 Å². The number of anilines is 3. The second-order valence-electron chi connectivity index (χ2n) is 7.08. The summed E-state index contributed by atoms with van der Waals surface area (Å²) in [5, 5.41) is 0. The third kappa shape index (κ3) is 4.54. The Labute approximate surface area is 174 Å². The highest BCUT2D eigenvalue weighted by Gasteiger charge is 2.30. The molecule has 1 aromatic carbocycles. The molecule has 1 aliphatic rings. The molecule has 30 heavy (non-hydrogen) atoms. The van der Waals surface area contributed by atoms with Crippen LogP contribution in [0.4, 0.5) is 17.6 Å². The maximum absolute atomic E-state index is 12.7. The zero-order valence-corrected chi connectivity index (χ0v) is 18.0. The van der Waals surface area contributed by atoms with Gasteiger partial charge in [-0.3, -0.25) is 14.5 Å². The zero-order valence-electron chi connectivity index (χ0n) is 17.2. The summed E-state index contributed by atoms with van der Waals surface area (Å²) in [6, 6.07) is 5.57. The molecule has 3 rings (SSSR count). The van der Waals surface area contributed by atoms with E-state index in [9.17, 15) is 18.0 Å². The van der Waals surface area contributed by atoms with Crippen LogP contribution in [0.1, 0.15) is 18.7 Å². The SMILES string of the molecule is CN(C)c1nc(CNS(=O)(=O)c2ccc(N3C(=O)CCC3=O)cc2)nc(N(C)C)n1. The van der Waals surface area contributed by atoms with Crippen LogP contribution in [0.15, 0.2) is 29.2 Å². The number of rotatable bonds is 7. The van der Waals surface area contributed by atoms with Gasteiger partial charge in [0.15, 0.2) is 5.82 Å². The average Bonchev–Trinajstić information content (AvgIpc) is 3.04. The fourth-order valence-corrected chi connectivity index (χ4v) is 3.74. The lowest BCUT2D eigenvalue weighted by Gasteiger charge is -2.16. The summed E-state index contributed by atoms with van der Waals surface area (Å²) in [5.74, 6) is 0.499. The molecule has 0 unspecified atom stereocenters. The fraction of sp³-hybridized carbons (Fsp3) is 0.389. The van der Waals surface area contributed by atoms with Crippen molar-refractivity contribution in [3.8, 4) is 0 Å².